The molecule has 1 fully saturated rings. The van der Waals surface area contributed by atoms with E-state index in [1.165, 1.54) is 5.20 Å². The van der Waals surface area contributed by atoms with Gasteiger partial charge in [-0.2, -0.15) is 0 Å². The van der Waals surface area contributed by atoms with E-state index in [0.717, 1.165) is 12.8 Å². The highest BCUT2D eigenvalue weighted by molar-refractivity contribution is 6.87. The average molecular weight is 295 g/mol. The summed E-state index contributed by atoms with van der Waals surface area (Å²) in [5.74, 6) is -0.106. The zero-order valence-corrected chi connectivity index (χ0v) is 14.9. The molecule has 114 valence electrons. The van der Waals surface area contributed by atoms with E-state index in [-0.39, 0.29) is 22.3 Å². The molecule has 0 aliphatic heterocycles. The fourth-order valence-electron chi connectivity index (χ4n) is 3.96. The largest absolute Gasteiger partial charge is 0.392 e. The van der Waals surface area contributed by atoms with Crippen LogP contribution in [-0.4, -0.2) is 49.6 Å². The van der Waals surface area contributed by atoms with Crippen molar-refractivity contribution in [3.8, 4) is 0 Å². The number of fused-ring (bicyclic) bond motifs is 1. The molecule has 2 rings (SSSR count). The molecule has 3 nitrogen and oxygen atoms in total. The van der Waals surface area contributed by atoms with Crippen LogP contribution in [0.5, 0.6) is 0 Å². The number of allylic oxidation sites excluding steroid dienone is 1. The predicted molar refractivity (Wildman–Crippen MR) is 85.4 cm³/mol. The number of aliphatic hydroxyl groups is 1. The lowest BCUT2D eigenvalue weighted by molar-refractivity contribution is -0.122. The van der Waals surface area contributed by atoms with Gasteiger partial charge in [-0.1, -0.05) is 39.1 Å². The van der Waals surface area contributed by atoms with Crippen LogP contribution in [0.15, 0.2) is 11.3 Å². The first-order chi connectivity index (χ1) is 8.96. The van der Waals surface area contributed by atoms with Gasteiger partial charge < -0.3 is 5.11 Å². The van der Waals surface area contributed by atoms with Crippen molar-refractivity contribution in [2.75, 3.05) is 14.1 Å². The standard InChI is InChI=1S/C16H29NO2Si/c1-15(2,3)20(6,7)13-10-12(19)14-11(18)8-9-16(13,14)17(4)5/h10-11,14,18H,8-9H2,1-7H3/t11-,14?,16-/m1/s1. The Labute approximate surface area is 124 Å². The lowest BCUT2D eigenvalue weighted by atomic mass is 9.87. The van der Waals surface area contributed by atoms with Crippen molar-refractivity contribution in [2.45, 2.75) is 63.4 Å². The number of aliphatic hydroxyl groups excluding tert-OH is 1. The first kappa shape index (κ1) is 15.9. The summed E-state index contributed by atoms with van der Waals surface area (Å²) in [4.78, 5) is 14.7. The molecule has 0 saturated heterocycles. The van der Waals surface area contributed by atoms with Crippen molar-refractivity contribution in [1.29, 1.82) is 0 Å². The summed E-state index contributed by atoms with van der Waals surface area (Å²) in [6.45, 7) is 11.6. The highest BCUT2D eigenvalue weighted by Crippen LogP contribution is 2.55. The highest BCUT2D eigenvalue weighted by atomic mass is 28.3. The van der Waals surface area contributed by atoms with E-state index in [0.29, 0.717) is 0 Å². The number of rotatable bonds is 2. The summed E-state index contributed by atoms with van der Waals surface area (Å²) in [6, 6.07) is 0. The van der Waals surface area contributed by atoms with Crippen LogP contribution < -0.4 is 0 Å². The zero-order chi connectivity index (χ0) is 15.5. The molecule has 0 bridgehead atoms. The maximum atomic E-state index is 12.5. The van der Waals surface area contributed by atoms with Crippen LogP contribution in [0.2, 0.25) is 18.1 Å². The maximum absolute atomic E-state index is 12.5. The van der Waals surface area contributed by atoms with Crippen molar-refractivity contribution in [3.05, 3.63) is 11.3 Å². The lowest BCUT2D eigenvalue weighted by Crippen LogP contribution is -2.57. The maximum Gasteiger partial charge on any atom is 0.163 e. The third-order valence-electron chi connectivity index (χ3n) is 6.13. The smallest absolute Gasteiger partial charge is 0.163 e. The Bertz CT molecular complexity index is 462. The summed E-state index contributed by atoms with van der Waals surface area (Å²) in [5.41, 5.74) is -0.237. The van der Waals surface area contributed by atoms with E-state index in [2.05, 4.69) is 52.9 Å². The minimum Gasteiger partial charge on any atom is -0.392 e. The predicted octanol–water partition coefficient (Wildman–Crippen LogP) is 2.61. The Hall–Kier alpha value is -0.453. The van der Waals surface area contributed by atoms with Gasteiger partial charge in [-0.05, 0) is 38.1 Å². The molecule has 3 atom stereocenters. The van der Waals surface area contributed by atoms with Crippen LogP contribution in [0.4, 0.5) is 0 Å². The third-order valence-corrected chi connectivity index (χ3v) is 11.8. The quantitative estimate of drug-likeness (QED) is 0.796. The molecule has 1 saturated carbocycles. The fourth-order valence-corrected chi connectivity index (χ4v) is 6.86. The summed E-state index contributed by atoms with van der Waals surface area (Å²) in [5, 5.41) is 11.8. The summed E-state index contributed by atoms with van der Waals surface area (Å²) in [6.07, 6.45) is 3.05. The molecule has 0 aromatic rings. The first-order valence-electron chi connectivity index (χ1n) is 7.58. The molecule has 1 N–H and O–H groups in total. The van der Waals surface area contributed by atoms with Crippen molar-refractivity contribution >= 4 is 13.9 Å². The van der Waals surface area contributed by atoms with E-state index in [4.69, 9.17) is 0 Å². The molecular weight excluding hydrogens is 266 g/mol. The Morgan fingerprint density at radius 3 is 2.35 bits per heavy atom. The molecule has 4 heteroatoms. The zero-order valence-electron chi connectivity index (χ0n) is 13.9. The normalized spacial score (nSPS) is 34.6. The van der Waals surface area contributed by atoms with Gasteiger partial charge in [0.15, 0.2) is 5.78 Å². The molecule has 1 unspecified atom stereocenters. The first-order valence-corrected chi connectivity index (χ1v) is 10.6. The molecular formula is C16H29NO2Si. The van der Waals surface area contributed by atoms with Gasteiger partial charge in [0.05, 0.1) is 25.6 Å². The Balaban J connectivity index is 2.59. The van der Waals surface area contributed by atoms with Gasteiger partial charge in [-0.15, -0.1) is 0 Å². The highest BCUT2D eigenvalue weighted by Gasteiger charge is 2.62. The Morgan fingerprint density at radius 1 is 1.35 bits per heavy atom. The second-order valence-corrected chi connectivity index (χ2v) is 13.5. The van der Waals surface area contributed by atoms with Crippen molar-refractivity contribution in [1.82, 2.24) is 4.90 Å². The molecule has 0 aromatic heterocycles. The molecule has 2 aliphatic rings. The molecule has 0 aromatic carbocycles. The van der Waals surface area contributed by atoms with Crippen molar-refractivity contribution in [3.63, 3.8) is 0 Å². The molecule has 0 heterocycles. The average Bonchev–Trinajstić information content (AvgIpc) is 2.77. The van der Waals surface area contributed by atoms with Crippen LogP contribution in [0.1, 0.15) is 33.6 Å². The fraction of sp³-hybridized carbons (Fsp3) is 0.812. The summed E-state index contributed by atoms with van der Waals surface area (Å²) < 4.78 is 0. The van der Waals surface area contributed by atoms with Gasteiger partial charge in [0.25, 0.3) is 0 Å². The number of ketones is 1. The van der Waals surface area contributed by atoms with Crippen LogP contribution in [0.25, 0.3) is 0 Å². The van der Waals surface area contributed by atoms with Crippen LogP contribution in [-0.2, 0) is 4.79 Å². The minimum absolute atomic E-state index is 0.142. The second-order valence-electron chi connectivity index (χ2n) is 8.24. The molecule has 0 spiro atoms. The van der Waals surface area contributed by atoms with E-state index in [1.807, 2.05) is 6.08 Å². The number of hydrogen-bond donors (Lipinski definition) is 1. The Morgan fingerprint density at radius 2 is 1.90 bits per heavy atom. The van der Waals surface area contributed by atoms with Gasteiger partial charge in [-0.25, -0.2) is 0 Å². The monoisotopic (exact) mass is 295 g/mol. The van der Waals surface area contributed by atoms with Gasteiger partial charge in [-0.3, -0.25) is 9.69 Å². The van der Waals surface area contributed by atoms with Gasteiger partial charge >= 0.3 is 0 Å². The van der Waals surface area contributed by atoms with E-state index >= 15 is 0 Å². The molecule has 0 amide bonds. The molecule has 0 radical (unpaired) electrons. The topological polar surface area (TPSA) is 40.5 Å². The van der Waals surface area contributed by atoms with E-state index < -0.39 is 14.2 Å². The van der Waals surface area contributed by atoms with Gasteiger partial charge in [0, 0.05) is 0 Å². The number of nitrogens with zero attached hydrogens (tertiary/aromatic N) is 1. The Kier molecular flexibility index (Phi) is 3.60. The van der Waals surface area contributed by atoms with Crippen LogP contribution in [0.3, 0.4) is 0 Å². The number of carbonyl (C=O) groups excluding carboxylic acids is 1. The third kappa shape index (κ3) is 1.88. The van der Waals surface area contributed by atoms with Gasteiger partial charge in [0.1, 0.15) is 0 Å². The van der Waals surface area contributed by atoms with Gasteiger partial charge in [0.2, 0.25) is 0 Å². The second kappa shape index (κ2) is 4.52. The number of carbonyl (C=O) groups is 1. The number of likely N-dealkylation sites (N-methyl/N-ethyl adjacent to an activating group) is 1. The van der Waals surface area contributed by atoms with Crippen molar-refractivity contribution in [2.24, 2.45) is 5.92 Å². The SMILES string of the molecule is CN(C)[C@@]12CC[C@@H](O)C1C(=O)C=C2[Si](C)(C)C(C)(C)C. The van der Waals surface area contributed by atoms with E-state index in [9.17, 15) is 9.90 Å². The molecule has 20 heavy (non-hydrogen) atoms. The molecule has 2 aliphatic carbocycles. The lowest BCUT2D eigenvalue weighted by Gasteiger charge is -2.49. The van der Waals surface area contributed by atoms with Crippen LogP contribution >= 0.6 is 0 Å². The summed E-state index contributed by atoms with van der Waals surface area (Å²) >= 11 is 0. The summed E-state index contributed by atoms with van der Waals surface area (Å²) in [7, 11) is 2.34. The minimum atomic E-state index is -1.78. The van der Waals surface area contributed by atoms with Crippen LogP contribution in [0, 0.1) is 5.92 Å². The number of hydrogen-bond acceptors (Lipinski definition) is 3. The van der Waals surface area contributed by atoms with E-state index in [1.54, 1.807) is 0 Å². The van der Waals surface area contributed by atoms with Crippen molar-refractivity contribution < 1.29 is 9.90 Å².